The van der Waals surface area contributed by atoms with Gasteiger partial charge in [-0.1, -0.05) is 48.5 Å². The Kier molecular flexibility index (Phi) is 5.23. The first-order valence-corrected chi connectivity index (χ1v) is 10.2. The zero-order chi connectivity index (χ0) is 17.9. The highest BCUT2D eigenvalue weighted by Gasteiger charge is 2.30. The van der Waals surface area contributed by atoms with Gasteiger partial charge in [0.2, 0.25) is 0 Å². The Labute approximate surface area is 150 Å². The molecule has 0 N–H and O–H groups in total. The SMILES string of the molecule is CC1CCCC(C)N1/C(=N\S(=O)(=O)c1ccccc1)c1ccccc1. The van der Waals surface area contributed by atoms with E-state index in [-0.39, 0.29) is 17.0 Å². The first kappa shape index (κ1) is 17.7. The van der Waals surface area contributed by atoms with E-state index in [0.29, 0.717) is 5.84 Å². The average Bonchev–Trinajstić information content (AvgIpc) is 2.62. The lowest BCUT2D eigenvalue weighted by atomic mass is 9.96. The molecule has 0 aliphatic carbocycles. The van der Waals surface area contributed by atoms with Crippen LogP contribution in [-0.2, 0) is 10.0 Å². The maximum Gasteiger partial charge on any atom is 0.284 e. The van der Waals surface area contributed by atoms with E-state index >= 15 is 0 Å². The van der Waals surface area contributed by atoms with E-state index in [0.717, 1.165) is 24.8 Å². The van der Waals surface area contributed by atoms with Crippen LogP contribution in [0, 0.1) is 0 Å². The van der Waals surface area contributed by atoms with E-state index in [9.17, 15) is 8.42 Å². The minimum Gasteiger partial charge on any atom is -0.350 e. The molecule has 0 spiro atoms. The molecule has 4 nitrogen and oxygen atoms in total. The summed E-state index contributed by atoms with van der Waals surface area (Å²) in [5, 5.41) is 0. The minimum absolute atomic E-state index is 0.223. The molecule has 2 atom stereocenters. The second kappa shape index (κ2) is 7.40. The van der Waals surface area contributed by atoms with Gasteiger partial charge in [0.25, 0.3) is 10.0 Å². The van der Waals surface area contributed by atoms with Crippen LogP contribution in [0.5, 0.6) is 0 Å². The number of piperidine rings is 1. The molecule has 1 aliphatic heterocycles. The van der Waals surface area contributed by atoms with Crippen LogP contribution in [0.2, 0.25) is 0 Å². The van der Waals surface area contributed by atoms with Gasteiger partial charge in [-0.2, -0.15) is 8.42 Å². The Morgan fingerprint density at radius 3 is 2.00 bits per heavy atom. The summed E-state index contributed by atoms with van der Waals surface area (Å²) in [5.41, 5.74) is 0.836. The van der Waals surface area contributed by atoms with Gasteiger partial charge >= 0.3 is 0 Å². The van der Waals surface area contributed by atoms with Crippen molar-refractivity contribution in [3.63, 3.8) is 0 Å². The smallest absolute Gasteiger partial charge is 0.284 e. The molecule has 1 aliphatic rings. The van der Waals surface area contributed by atoms with Gasteiger partial charge in [0.05, 0.1) is 4.90 Å². The largest absolute Gasteiger partial charge is 0.350 e. The van der Waals surface area contributed by atoms with Crippen molar-refractivity contribution in [2.75, 3.05) is 0 Å². The Balaban J connectivity index is 2.12. The van der Waals surface area contributed by atoms with Crippen molar-refractivity contribution in [3.8, 4) is 0 Å². The van der Waals surface area contributed by atoms with Crippen molar-refractivity contribution in [1.82, 2.24) is 4.90 Å². The average molecular weight is 356 g/mol. The molecule has 1 saturated heterocycles. The number of hydrogen-bond donors (Lipinski definition) is 0. The molecule has 0 bridgehead atoms. The van der Waals surface area contributed by atoms with Crippen LogP contribution in [0.4, 0.5) is 0 Å². The molecule has 0 amide bonds. The fourth-order valence-corrected chi connectivity index (χ4v) is 4.47. The number of hydrogen-bond acceptors (Lipinski definition) is 2. The normalized spacial score (nSPS) is 22.0. The molecule has 0 aromatic heterocycles. The third kappa shape index (κ3) is 3.93. The molecule has 2 aromatic rings. The first-order chi connectivity index (χ1) is 12.0. The Bertz CT molecular complexity index is 823. The Morgan fingerprint density at radius 2 is 1.44 bits per heavy atom. The minimum atomic E-state index is -3.76. The fraction of sp³-hybridized carbons (Fsp3) is 0.350. The number of amidine groups is 1. The van der Waals surface area contributed by atoms with Crippen molar-refractivity contribution >= 4 is 15.9 Å². The van der Waals surface area contributed by atoms with Crippen LogP contribution < -0.4 is 0 Å². The van der Waals surface area contributed by atoms with E-state index in [2.05, 4.69) is 23.1 Å². The highest BCUT2D eigenvalue weighted by Crippen LogP contribution is 2.26. The van der Waals surface area contributed by atoms with Crippen LogP contribution in [0.25, 0.3) is 0 Å². The highest BCUT2D eigenvalue weighted by atomic mass is 32.2. The van der Waals surface area contributed by atoms with Crippen molar-refractivity contribution in [3.05, 3.63) is 66.2 Å². The lowest BCUT2D eigenvalue weighted by Crippen LogP contribution is -2.48. The van der Waals surface area contributed by atoms with Gasteiger partial charge in [-0.25, -0.2) is 0 Å². The van der Waals surface area contributed by atoms with Crippen LogP contribution in [0.3, 0.4) is 0 Å². The van der Waals surface area contributed by atoms with Gasteiger partial charge in [0.1, 0.15) is 5.84 Å². The Hall–Kier alpha value is -2.14. The van der Waals surface area contributed by atoms with Gasteiger partial charge in [0.15, 0.2) is 0 Å². The molecular formula is C20H24N2O2S. The molecule has 3 rings (SSSR count). The molecule has 1 fully saturated rings. The molecule has 5 heteroatoms. The van der Waals surface area contributed by atoms with E-state index in [1.54, 1.807) is 30.3 Å². The van der Waals surface area contributed by atoms with E-state index in [4.69, 9.17) is 0 Å². The van der Waals surface area contributed by atoms with Gasteiger partial charge in [-0.15, -0.1) is 4.40 Å². The summed E-state index contributed by atoms with van der Waals surface area (Å²) in [6.07, 6.45) is 3.25. The molecule has 2 unspecified atom stereocenters. The molecule has 25 heavy (non-hydrogen) atoms. The predicted octanol–water partition coefficient (Wildman–Crippen LogP) is 4.09. The standard InChI is InChI=1S/C20H24N2O2S/c1-16-10-9-11-17(2)22(16)20(18-12-5-3-6-13-18)21-25(23,24)19-14-7-4-8-15-19/h3-8,12-17H,9-11H2,1-2H3/b21-20-. The lowest BCUT2D eigenvalue weighted by molar-refractivity contribution is 0.192. The number of rotatable bonds is 3. The highest BCUT2D eigenvalue weighted by molar-refractivity contribution is 7.90. The summed E-state index contributed by atoms with van der Waals surface area (Å²) in [4.78, 5) is 2.39. The third-order valence-electron chi connectivity index (χ3n) is 4.72. The van der Waals surface area contributed by atoms with Crippen molar-refractivity contribution < 1.29 is 8.42 Å². The number of benzene rings is 2. The topological polar surface area (TPSA) is 49.7 Å². The van der Waals surface area contributed by atoms with Gasteiger partial charge in [-0.3, -0.25) is 0 Å². The summed E-state index contributed by atoms with van der Waals surface area (Å²) in [7, 11) is -3.76. The van der Waals surface area contributed by atoms with Crippen LogP contribution >= 0.6 is 0 Å². The zero-order valence-electron chi connectivity index (χ0n) is 14.7. The molecular weight excluding hydrogens is 332 g/mol. The summed E-state index contributed by atoms with van der Waals surface area (Å²) in [5.74, 6) is 0.546. The number of nitrogens with zero attached hydrogens (tertiary/aromatic N) is 2. The molecule has 0 radical (unpaired) electrons. The summed E-state index contributed by atoms with van der Waals surface area (Å²) >= 11 is 0. The van der Waals surface area contributed by atoms with Crippen molar-refractivity contribution in [1.29, 1.82) is 0 Å². The second-order valence-electron chi connectivity index (χ2n) is 6.61. The van der Waals surface area contributed by atoms with Gasteiger partial charge in [-0.05, 0) is 45.2 Å². The molecule has 132 valence electrons. The fourth-order valence-electron chi connectivity index (χ4n) is 3.43. The summed E-state index contributed by atoms with van der Waals surface area (Å²) < 4.78 is 30.0. The lowest BCUT2D eigenvalue weighted by Gasteiger charge is -2.41. The first-order valence-electron chi connectivity index (χ1n) is 8.73. The number of sulfonamides is 1. The second-order valence-corrected chi connectivity index (χ2v) is 8.21. The number of likely N-dealkylation sites (tertiary alicyclic amines) is 1. The van der Waals surface area contributed by atoms with Crippen molar-refractivity contribution in [2.24, 2.45) is 4.40 Å². The van der Waals surface area contributed by atoms with Crippen LogP contribution in [0.1, 0.15) is 38.7 Å². The maximum absolute atomic E-state index is 12.9. The molecule has 2 aromatic carbocycles. The monoisotopic (exact) mass is 356 g/mol. The molecule has 1 heterocycles. The zero-order valence-corrected chi connectivity index (χ0v) is 15.5. The van der Waals surface area contributed by atoms with Crippen LogP contribution in [0.15, 0.2) is 70.0 Å². The van der Waals surface area contributed by atoms with E-state index < -0.39 is 10.0 Å². The molecule has 0 saturated carbocycles. The Morgan fingerprint density at radius 1 is 0.920 bits per heavy atom. The van der Waals surface area contributed by atoms with Gasteiger partial charge in [0, 0.05) is 17.6 Å². The van der Waals surface area contributed by atoms with Gasteiger partial charge < -0.3 is 4.90 Å². The van der Waals surface area contributed by atoms with E-state index in [1.807, 2.05) is 30.3 Å². The third-order valence-corrected chi connectivity index (χ3v) is 6.00. The summed E-state index contributed by atoms with van der Waals surface area (Å²) in [6, 6.07) is 18.5. The van der Waals surface area contributed by atoms with Crippen LogP contribution in [-0.4, -0.2) is 31.2 Å². The summed E-state index contributed by atoms with van der Waals surface area (Å²) in [6.45, 7) is 4.28. The quantitative estimate of drug-likeness (QED) is 0.615. The predicted molar refractivity (Wildman–Crippen MR) is 101 cm³/mol. The van der Waals surface area contributed by atoms with E-state index in [1.165, 1.54) is 0 Å². The maximum atomic E-state index is 12.9. The van der Waals surface area contributed by atoms with Crippen molar-refractivity contribution in [2.45, 2.75) is 50.1 Å².